The molecule has 5 N–H and O–H groups in total. The van der Waals surface area contributed by atoms with E-state index in [-0.39, 0.29) is 26.6 Å². The maximum Gasteiger partial charge on any atom is 0.353 e. The molecular formula is C18H13ClN8O5S3. The molecule has 0 aromatic carbocycles. The van der Waals surface area contributed by atoms with E-state index in [4.69, 9.17) is 17.3 Å². The van der Waals surface area contributed by atoms with Crippen molar-refractivity contribution >= 4 is 80.7 Å². The quantitative estimate of drug-likeness (QED) is 0.148. The number of amides is 2. The summed E-state index contributed by atoms with van der Waals surface area (Å²) in [5.74, 6) is -2.51. The molecule has 5 rings (SSSR count). The number of nitrogens with two attached hydrogens (primary N) is 1. The van der Waals surface area contributed by atoms with E-state index in [1.807, 2.05) is 0 Å². The average Bonchev–Trinajstić information content (AvgIpc) is 3.44. The van der Waals surface area contributed by atoms with E-state index in [1.165, 1.54) is 29.9 Å². The van der Waals surface area contributed by atoms with E-state index in [0.717, 1.165) is 16.2 Å². The molecule has 1 saturated heterocycles. The highest BCUT2D eigenvalue weighted by Crippen LogP contribution is 2.45. The highest BCUT2D eigenvalue weighted by Gasteiger charge is 2.54. The molecule has 1 fully saturated rings. The van der Waals surface area contributed by atoms with Gasteiger partial charge < -0.3 is 21.4 Å². The zero-order valence-corrected chi connectivity index (χ0v) is 20.4. The highest BCUT2D eigenvalue weighted by molar-refractivity contribution is 8.06. The van der Waals surface area contributed by atoms with Crippen LogP contribution in [0.3, 0.4) is 0 Å². The van der Waals surface area contributed by atoms with Crippen LogP contribution in [0.25, 0.3) is 5.65 Å². The molecule has 5 heterocycles. The van der Waals surface area contributed by atoms with Crippen LogP contribution in [0.15, 0.2) is 45.3 Å². The predicted octanol–water partition coefficient (Wildman–Crippen LogP) is 1.09. The van der Waals surface area contributed by atoms with Crippen molar-refractivity contribution in [2.24, 2.45) is 5.16 Å². The van der Waals surface area contributed by atoms with Crippen LogP contribution in [0.5, 0.6) is 0 Å². The lowest BCUT2D eigenvalue weighted by molar-refractivity contribution is -0.150. The van der Waals surface area contributed by atoms with Crippen LogP contribution in [0.1, 0.15) is 5.69 Å². The van der Waals surface area contributed by atoms with Crippen LogP contribution in [0, 0.1) is 0 Å². The number of thioether (sulfide) groups is 2. The van der Waals surface area contributed by atoms with Gasteiger partial charge in [0.25, 0.3) is 11.8 Å². The number of fused-ring (bicyclic) bond motifs is 2. The van der Waals surface area contributed by atoms with Crippen molar-refractivity contribution in [1.29, 1.82) is 0 Å². The second-order valence-electron chi connectivity index (χ2n) is 7.09. The second kappa shape index (κ2) is 9.03. The molecule has 0 spiro atoms. The first kappa shape index (κ1) is 23.4. The van der Waals surface area contributed by atoms with Gasteiger partial charge in [-0.3, -0.25) is 18.9 Å². The number of nitrogens with zero attached hydrogens (tertiary/aromatic N) is 6. The van der Waals surface area contributed by atoms with Gasteiger partial charge in [-0.1, -0.05) is 45.9 Å². The summed E-state index contributed by atoms with van der Waals surface area (Å²) in [4.78, 5) is 43.3. The normalized spacial score (nSPS) is 20.1. The van der Waals surface area contributed by atoms with Gasteiger partial charge >= 0.3 is 5.97 Å². The monoisotopic (exact) mass is 552 g/mol. The Morgan fingerprint density at radius 2 is 2.17 bits per heavy atom. The molecule has 17 heteroatoms. The molecule has 180 valence electrons. The van der Waals surface area contributed by atoms with Crippen molar-refractivity contribution in [1.82, 2.24) is 29.8 Å². The topological polar surface area (TPSA) is 188 Å². The van der Waals surface area contributed by atoms with E-state index >= 15 is 0 Å². The third-order valence-electron chi connectivity index (χ3n) is 5.09. The van der Waals surface area contributed by atoms with Crippen LogP contribution in [-0.4, -0.2) is 75.5 Å². The first-order valence-electron chi connectivity index (χ1n) is 9.63. The number of oxime groups is 1. The number of rotatable bonds is 6. The van der Waals surface area contributed by atoms with Crippen LogP contribution < -0.4 is 11.1 Å². The Kier molecular flexibility index (Phi) is 6.04. The van der Waals surface area contributed by atoms with Gasteiger partial charge in [0.05, 0.1) is 5.03 Å². The molecular weight excluding hydrogens is 540 g/mol. The maximum atomic E-state index is 12.9. The summed E-state index contributed by atoms with van der Waals surface area (Å²) in [6, 6.07) is 4.28. The minimum atomic E-state index is -1.27. The smallest absolute Gasteiger partial charge is 0.353 e. The Morgan fingerprint density at radius 1 is 1.37 bits per heavy atom. The minimum absolute atomic E-state index is 0.0416. The number of nitrogen functional groups attached to an aromatic ring is 1. The number of anilines is 1. The molecule has 0 radical (unpaired) electrons. The lowest BCUT2D eigenvalue weighted by atomic mass is 10.0. The van der Waals surface area contributed by atoms with Gasteiger partial charge in [0.2, 0.25) is 0 Å². The molecule has 0 unspecified atom stereocenters. The third-order valence-corrected chi connectivity index (χ3v) is 8.76. The first-order valence-corrected chi connectivity index (χ1v) is 12.7. The number of carbonyl (C=O) groups is 3. The predicted molar refractivity (Wildman–Crippen MR) is 128 cm³/mol. The fraction of sp³-hybridized carbons (Fsp3) is 0.167. The molecule has 3 aromatic rings. The maximum absolute atomic E-state index is 12.9. The zero-order chi connectivity index (χ0) is 24.9. The number of carboxylic acid groups (broad SMARTS) is 1. The molecule has 35 heavy (non-hydrogen) atoms. The van der Waals surface area contributed by atoms with Gasteiger partial charge in [-0.25, -0.2) is 9.78 Å². The number of β-lactam (4-membered cyclic amide) rings is 1. The number of aromatic nitrogens is 4. The van der Waals surface area contributed by atoms with E-state index < -0.39 is 34.9 Å². The fourth-order valence-electron chi connectivity index (χ4n) is 3.58. The van der Waals surface area contributed by atoms with E-state index in [0.29, 0.717) is 15.6 Å². The summed E-state index contributed by atoms with van der Waals surface area (Å²) in [5, 5.41) is 32.6. The van der Waals surface area contributed by atoms with Gasteiger partial charge in [-0.2, -0.15) is 0 Å². The summed E-state index contributed by atoms with van der Waals surface area (Å²) < 4.78 is 1.75. The standard InChI is InChI=1S/C18H13ClN8O5S3/c19-13-9(23-18(20)35-13)10(25-32)14(28)22-11-15(29)27-12(17(30)31)6(4-33-16(11)27)34-8-3-1-2-7-24-21-5-26(7)8/h1-3,5,11,16,32H,4H2,(H2,20,23)(H,22,28)(H,30,31)/b25-10+/t11-,16-/m1/s1. The number of hydrogen-bond donors (Lipinski definition) is 4. The zero-order valence-electron chi connectivity index (χ0n) is 17.2. The summed E-state index contributed by atoms with van der Waals surface area (Å²) in [5.41, 5.74) is 5.38. The van der Waals surface area contributed by atoms with Gasteiger partial charge in [0, 0.05) is 10.7 Å². The molecule has 0 saturated carbocycles. The van der Waals surface area contributed by atoms with E-state index in [2.05, 4.69) is 25.7 Å². The van der Waals surface area contributed by atoms with Crippen LogP contribution in [0.2, 0.25) is 4.34 Å². The number of hydrogen-bond acceptors (Lipinski definition) is 12. The number of thiazole rings is 1. The lowest BCUT2D eigenvalue weighted by Gasteiger charge is -2.49. The van der Waals surface area contributed by atoms with Crippen molar-refractivity contribution in [2.45, 2.75) is 16.4 Å². The molecule has 13 nitrogen and oxygen atoms in total. The second-order valence-corrected chi connectivity index (χ2v) is 10.9. The Morgan fingerprint density at radius 3 is 2.86 bits per heavy atom. The number of pyridine rings is 1. The SMILES string of the molecule is Nc1nc(/C(=N\O)C(=O)N[C@@H]2C(=O)N3C(C(=O)O)=C(Sc4cccc5nncn45)CS[C@H]23)c(Cl)s1. The fourth-order valence-corrected chi connectivity index (χ4v) is 7.06. The summed E-state index contributed by atoms with van der Waals surface area (Å²) in [7, 11) is 0. The highest BCUT2D eigenvalue weighted by atomic mass is 35.5. The number of carboxylic acids is 1. The molecule has 2 amide bonds. The molecule has 0 bridgehead atoms. The van der Waals surface area contributed by atoms with Crippen molar-refractivity contribution < 1.29 is 24.7 Å². The lowest BCUT2D eigenvalue weighted by Crippen LogP contribution is -2.71. The number of carbonyl (C=O) groups excluding carboxylic acids is 2. The van der Waals surface area contributed by atoms with Crippen LogP contribution >= 0.6 is 46.5 Å². The molecule has 3 aromatic heterocycles. The Balaban J connectivity index is 1.38. The average molecular weight is 553 g/mol. The molecule has 2 atom stereocenters. The first-order chi connectivity index (χ1) is 16.8. The Labute approximate surface area is 213 Å². The van der Waals surface area contributed by atoms with Gasteiger partial charge in [0.1, 0.15) is 33.5 Å². The van der Waals surface area contributed by atoms with Crippen molar-refractivity contribution in [3.05, 3.63) is 45.2 Å². The van der Waals surface area contributed by atoms with Gasteiger partial charge in [0.15, 0.2) is 16.5 Å². The Hall–Kier alpha value is -3.34. The van der Waals surface area contributed by atoms with Crippen LogP contribution in [0.4, 0.5) is 5.13 Å². The summed E-state index contributed by atoms with van der Waals surface area (Å²) >= 11 is 9.37. The molecule has 2 aliphatic heterocycles. The summed E-state index contributed by atoms with van der Waals surface area (Å²) in [6.45, 7) is 0. The number of aliphatic carboxylic acids is 1. The van der Waals surface area contributed by atoms with E-state index in [1.54, 1.807) is 22.6 Å². The Bertz CT molecular complexity index is 1450. The molecule has 0 aliphatic carbocycles. The van der Waals surface area contributed by atoms with Crippen molar-refractivity contribution in [3.63, 3.8) is 0 Å². The number of halogens is 1. The minimum Gasteiger partial charge on any atom is -0.477 e. The molecule has 2 aliphatic rings. The third kappa shape index (κ3) is 3.97. The van der Waals surface area contributed by atoms with Gasteiger partial charge in [-0.15, -0.1) is 22.0 Å². The van der Waals surface area contributed by atoms with Crippen molar-refractivity contribution in [3.8, 4) is 0 Å². The van der Waals surface area contributed by atoms with Crippen molar-refractivity contribution in [2.75, 3.05) is 11.5 Å². The van der Waals surface area contributed by atoms with Gasteiger partial charge in [-0.05, 0) is 12.1 Å². The van der Waals surface area contributed by atoms with E-state index in [9.17, 15) is 24.7 Å². The largest absolute Gasteiger partial charge is 0.477 e. The summed E-state index contributed by atoms with van der Waals surface area (Å²) in [6.07, 6.45) is 1.51. The van der Waals surface area contributed by atoms with Crippen LogP contribution in [-0.2, 0) is 14.4 Å². The number of nitrogens with one attached hydrogen (secondary N) is 1.